The van der Waals surface area contributed by atoms with Gasteiger partial charge in [0.2, 0.25) is 5.95 Å². The van der Waals surface area contributed by atoms with Crippen molar-refractivity contribution in [3.8, 4) is 5.75 Å². The van der Waals surface area contributed by atoms with Gasteiger partial charge in [-0.05, 0) is 19.1 Å². The second-order valence-corrected chi connectivity index (χ2v) is 4.65. The van der Waals surface area contributed by atoms with Crippen molar-refractivity contribution in [2.75, 3.05) is 17.2 Å². The summed E-state index contributed by atoms with van der Waals surface area (Å²) in [7, 11) is 0. The van der Waals surface area contributed by atoms with Crippen LogP contribution in [-0.2, 0) is 6.18 Å². The summed E-state index contributed by atoms with van der Waals surface area (Å²) in [5.74, 6) is -1.37. The van der Waals surface area contributed by atoms with Crippen molar-refractivity contribution in [3.63, 3.8) is 0 Å². The summed E-state index contributed by atoms with van der Waals surface area (Å²) < 4.78 is 79.7. The fourth-order valence-corrected chi connectivity index (χ4v) is 1.86. The molecule has 1 aromatic carbocycles. The average Bonchev–Trinajstić information content (AvgIpc) is 2.47. The lowest BCUT2D eigenvalue weighted by atomic mass is 10.3. The van der Waals surface area contributed by atoms with Gasteiger partial charge in [0.1, 0.15) is 11.4 Å². The number of halogens is 6. The van der Waals surface area contributed by atoms with E-state index in [1.54, 1.807) is 6.92 Å². The number of rotatable bonds is 5. The Labute approximate surface area is 138 Å². The number of nitrogens with one attached hydrogen (secondary N) is 2. The van der Waals surface area contributed by atoms with Gasteiger partial charge >= 0.3 is 12.5 Å². The monoisotopic (exact) mass is 366 g/mol. The van der Waals surface area contributed by atoms with E-state index >= 15 is 0 Å². The molecule has 0 atom stereocenters. The first kappa shape index (κ1) is 18.6. The third-order valence-corrected chi connectivity index (χ3v) is 2.80. The van der Waals surface area contributed by atoms with Gasteiger partial charge in [-0.25, -0.2) is 4.98 Å². The van der Waals surface area contributed by atoms with Crippen molar-refractivity contribution < 1.29 is 31.1 Å². The predicted octanol–water partition coefficient (Wildman–Crippen LogP) is 4.57. The molecule has 136 valence electrons. The minimum Gasteiger partial charge on any atom is -0.404 e. The maximum absolute atomic E-state index is 12.9. The molecule has 1 heterocycles. The highest BCUT2D eigenvalue weighted by molar-refractivity contribution is 5.63. The lowest BCUT2D eigenvalue weighted by molar-refractivity contribution is -0.274. The smallest absolute Gasteiger partial charge is 0.404 e. The zero-order valence-electron chi connectivity index (χ0n) is 12.7. The summed E-state index contributed by atoms with van der Waals surface area (Å²) in [6.07, 6.45) is -9.05. The van der Waals surface area contributed by atoms with E-state index in [2.05, 4.69) is 25.3 Å². The Hall–Kier alpha value is -2.72. The van der Waals surface area contributed by atoms with E-state index in [1.165, 1.54) is 18.2 Å². The number of hydrogen-bond donors (Lipinski definition) is 2. The molecule has 0 fully saturated rings. The van der Waals surface area contributed by atoms with Crippen molar-refractivity contribution in [2.45, 2.75) is 19.5 Å². The highest BCUT2D eigenvalue weighted by Gasteiger charge is 2.35. The van der Waals surface area contributed by atoms with Crippen LogP contribution in [0.15, 0.2) is 30.5 Å². The molecular formula is C14H12F6N4O. The molecule has 0 spiro atoms. The van der Waals surface area contributed by atoms with Crippen molar-refractivity contribution >= 4 is 17.5 Å². The van der Waals surface area contributed by atoms with Crippen molar-refractivity contribution in [3.05, 3.63) is 36.0 Å². The van der Waals surface area contributed by atoms with E-state index in [0.29, 0.717) is 6.20 Å². The molecule has 0 amide bonds. The minimum absolute atomic E-state index is 0.151. The molecule has 5 nitrogen and oxygen atoms in total. The lowest BCUT2D eigenvalue weighted by Crippen LogP contribution is -2.18. The molecule has 11 heteroatoms. The summed E-state index contributed by atoms with van der Waals surface area (Å²) in [5.41, 5.74) is -1.23. The van der Waals surface area contributed by atoms with Gasteiger partial charge in [0.05, 0.1) is 5.69 Å². The number of ether oxygens (including phenoxy) is 1. The Balaban J connectivity index is 2.34. The quantitative estimate of drug-likeness (QED) is 0.760. The molecule has 0 radical (unpaired) electrons. The number of nitrogens with zero attached hydrogens (tertiary/aromatic N) is 2. The molecule has 0 saturated heterocycles. The van der Waals surface area contributed by atoms with Gasteiger partial charge in [-0.2, -0.15) is 18.2 Å². The van der Waals surface area contributed by atoms with Crippen LogP contribution >= 0.6 is 0 Å². The summed E-state index contributed by atoms with van der Waals surface area (Å²) in [6, 6.07) is 5.02. The van der Waals surface area contributed by atoms with E-state index in [1.807, 2.05) is 0 Å². The van der Waals surface area contributed by atoms with Gasteiger partial charge in [0.25, 0.3) is 0 Å². The second kappa shape index (κ2) is 7.03. The summed E-state index contributed by atoms with van der Waals surface area (Å²) >= 11 is 0. The lowest BCUT2D eigenvalue weighted by Gasteiger charge is -2.16. The summed E-state index contributed by atoms with van der Waals surface area (Å²) in [5, 5.41) is 4.86. The van der Waals surface area contributed by atoms with Crippen LogP contribution < -0.4 is 15.4 Å². The third kappa shape index (κ3) is 5.13. The third-order valence-electron chi connectivity index (χ3n) is 2.80. The van der Waals surface area contributed by atoms with E-state index < -0.39 is 29.7 Å². The standard InChI is InChI=1S/C14H12F6N4O/c1-2-21-11-8(13(15,16)17)7-22-12(24-11)23-9-5-3-4-6-10(9)25-14(18,19)20/h3-7H,2H2,1H3,(H2,21,22,23,24). The normalized spacial score (nSPS) is 12.0. The van der Waals surface area contributed by atoms with Gasteiger partial charge in [-0.1, -0.05) is 12.1 Å². The maximum Gasteiger partial charge on any atom is 0.573 e. The first-order chi connectivity index (χ1) is 11.6. The Kier molecular flexibility index (Phi) is 5.24. The van der Waals surface area contributed by atoms with Gasteiger partial charge in [0.15, 0.2) is 5.75 Å². The maximum atomic E-state index is 12.9. The first-order valence-corrected chi connectivity index (χ1v) is 6.90. The van der Waals surface area contributed by atoms with Crippen molar-refractivity contribution in [1.82, 2.24) is 9.97 Å². The van der Waals surface area contributed by atoms with Crippen molar-refractivity contribution in [1.29, 1.82) is 0 Å². The number of hydrogen-bond acceptors (Lipinski definition) is 5. The number of para-hydroxylation sites is 2. The molecule has 2 N–H and O–H groups in total. The van der Waals surface area contributed by atoms with E-state index in [9.17, 15) is 26.3 Å². The van der Waals surface area contributed by atoms with E-state index in [-0.39, 0.29) is 18.2 Å². The van der Waals surface area contributed by atoms with Crippen LogP contribution in [-0.4, -0.2) is 22.9 Å². The Morgan fingerprint density at radius 1 is 1.08 bits per heavy atom. The second-order valence-electron chi connectivity index (χ2n) is 4.65. The molecule has 1 aromatic heterocycles. The van der Waals surface area contributed by atoms with Crippen LogP contribution in [0.1, 0.15) is 12.5 Å². The Morgan fingerprint density at radius 2 is 1.76 bits per heavy atom. The zero-order chi connectivity index (χ0) is 18.7. The number of aromatic nitrogens is 2. The molecule has 0 aliphatic heterocycles. The summed E-state index contributed by atoms with van der Waals surface area (Å²) in [4.78, 5) is 7.17. The van der Waals surface area contributed by atoms with Crippen LogP contribution in [0.5, 0.6) is 5.75 Å². The Bertz CT molecular complexity index is 732. The molecule has 0 unspecified atom stereocenters. The molecular weight excluding hydrogens is 354 g/mol. The molecule has 0 saturated carbocycles. The molecule has 2 aromatic rings. The fraction of sp³-hybridized carbons (Fsp3) is 0.286. The fourth-order valence-electron chi connectivity index (χ4n) is 1.86. The van der Waals surface area contributed by atoms with Gasteiger partial charge in [-0.3, -0.25) is 0 Å². The van der Waals surface area contributed by atoms with Crippen LogP contribution in [0, 0.1) is 0 Å². The highest BCUT2D eigenvalue weighted by atomic mass is 19.4. The topological polar surface area (TPSA) is 59.1 Å². The first-order valence-electron chi connectivity index (χ1n) is 6.90. The Morgan fingerprint density at radius 3 is 2.36 bits per heavy atom. The predicted molar refractivity (Wildman–Crippen MR) is 77.6 cm³/mol. The van der Waals surface area contributed by atoms with Gasteiger partial charge < -0.3 is 15.4 Å². The number of anilines is 3. The molecule has 0 aliphatic rings. The van der Waals surface area contributed by atoms with Crippen LogP contribution in [0.4, 0.5) is 43.8 Å². The van der Waals surface area contributed by atoms with Crippen LogP contribution in [0.2, 0.25) is 0 Å². The van der Waals surface area contributed by atoms with Crippen LogP contribution in [0.3, 0.4) is 0 Å². The van der Waals surface area contributed by atoms with Gasteiger partial charge in [0, 0.05) is 12.7 Å². The molecule has 0 bridgehead atoms. The highest BCUT2D eigenvalue weighted by Crippen LogP contribution is 2.35. The largest absolute Gasteiger partial charge is 0.573 e. The molecule has 25 heavy (non-hydrogen) atoms. The average molecular weight is 366 g/mol. The van der Waals surface area contributed by atoms with Crippen molar-refractivity contribution in [2.24, 2.45) is 0 Å². The minimum atomic E-state index is -4.92. The zero-order valence-corrected chi connectivity index (χ0v) is 12.7. The molecule has 0 aliphatic carbocycles. The van der Waals surface area contributed by atoms with E-state index in [0.717, 1.165) is 6.07 Å². The number of benzene rings is 1. The summed E-state index contributed by atoms with van der Waals surface area (Å²) in [6.45, 7) is 1.73. The van der Waals surface area contributed by atoms with Crippen LogP contribution in [0.25, 0.3) is 0 Å². The van der Waals surface area contributed by atoms with Gasteiger partial charge in [-0.15, -0.1) is 13.2 Å². The van der Waals surface area contributed by atoms with E-state index in [4.69, 9.17) is 0 Å². The number of alkyl halides is 6. The molecule has 2 rings (SSSR count). The SMILES string of the molecule is CCNc1nc(Nc2ccccc2OC(F)(F)F)ncc1C(F)(F)F.